The van der Waals surface area contributed by atoms with E-state index in [9.17, 15) is 5.11 Å². The van der Waals surface area contributed by atoms with Gasteiger partial charge < -0.3 is 9.67 Å². The van der Waals surface area contributed by atoms with Crippen LogP contribution >= 0.6 is 0 Å². The van der Waals surface area contributed by atoms with Gasteiger partial charge in [0.15, 0.2) is 0 Å². The first-order valence-corrected chi connectivity index (χ1v) is 5.33. The van der Waals surface area contributed by atoms with Gasteiger partial charge in [-0.05, 0) is 18.3 Å². The third kappa shape index (κ3) is 1.97. The molecule has 82 valence electrons. The molecular weight excluding hydrogens is 188 g/mol. The molecule has 0 bridgehead atoms. The molecule has 1 heterocycles. The first kappa shape index (κ1) is 10.4. The van der Waals surface area contributed by atoms with Crippen molar-refractivity contribution < 1.29 is 5.11 Å². The van der Waals surface area contributed by atoms with E-state index in [0.29, 0.717) is 0 Å². The second-order valence-corrected chi connectivity index (χ2v) is 5.17. The Morgan fingerprint density at radius 1 is 1.33 bits per heavy atom. The van der Waals surface area contributed by atoms with Gasteiger partial charge in [0.25, 0.3) is 0 Å². The normalized spacial score (nSPS) is 29.3. The van der Waals surface area contributed by atoms with Crippen LogP contribution < -0.4 is 0 Å². The van der Waals surface area contributed by atoms with Crippen molar-refractivity contribution in [2.75, 3.05) is 0 Å². The lowest BCUT2D eigenvalue weighted by atomic mass is 9.76. The quantitative estimate of drug-likeness (QED) is 0.713. The summed E-state index contributed by atoms with van der Waals surface area (Å²) in [6, 6.07) is 0. The van der Waals surface area contributed by atoms with E-state index in [1.54, 1.807) is 6.33 Å². The predicted octanol–water partition coefficient (Wildman–Crippen LogP) is 1.98. The van der Waals surface area contributed by atoms with Crippen LogP contribution in [0, 0.1) is 5.41 Å². The molecule has 1 aromatic heterocycles. The Balaban J connectivity index is 2.30. The van der Waals surface area contributed by atoms with Crippen molar-refractivity contribution in [3.05, 3.63) is 30.4 Å². The Morgan fingerprint density at radius 3 is 2.53 bits per heavy atom. The lowest BCUT2D eigenvalue weighted by molar-refractivity contribution is 0.0542. The topological polar surface area (TPSA) is 38.0 Å². The molecule has 0 fully saturated rings. The Hall–Kier alpha value is -1.09. The third-order valence-electron chi connectivity index (χ3n) is 3.11. The molecule has 0 aliphatic heterocycles. The number of aromatic nitrogens is 2. The Morgan fingerprint density at radius 2 is 2.07 bits per heavy atom. The molecular formula is C12H18N2O. The van der Waals surface area contributed by atoms with Crippen LogP contribution in [0.15, 0.2) is 24.7 Å². The van der Waals surface area contributed by atoms with Gasteiger partial charge in [-0.15, -0.1) is 0 Å². The van der Waals surface area contributed by atoms with Gasteiger partial charge >= 0.3 is 0 Å². The van der Waals surface area contributed by atoms with Gasteiger partial charge in [-0.1, -0.05) is 26.0 Å². The van der Waals surface area contributed by atoms with Crippen molar-refractivity contribution in [1.29, 1.82) is 0 Å². The molecule has 0 saturated carbocycles. The smallest absolute Gasteiger partial charge is 0.126 e. The number of hydrogen-bond donors (Lipinski definition) is 1. The summed E-state index contributed by atoms with van der Waals surface area (Å²) in [4.78, 5) is 4.22. The van der Waals surface area contributed by atoms with Crippen molar-refractivity contribution in [2.24, 2.45) is 12.5 Å². The lowest BCUT2D eigenvalue weighted by Gasteiger charge is -2.33. The average molecular weight is 206 g/mol. The average Bonchev–Trinajstić information content (AvgIpc) is 2.59. The highest BCUT2D eigenvalue weighted by Crippen LogP contribution is 2.39. The molecule has 3 nitrogen and oxygen atoms in total. The van der Waals surface area contributed by atoms with Crippen LogP contribution in [0.2, 0.25) is 0 Å². The molecule has 0 saturated heterocycles. The summed E-state index contributed by atoms with van der Waals surface area (Å²) in [6.07, 6.45) is 9.30. The summed E-state index contributed by atoms with van der Waals surface area (Å²) in [7, 11) is 1.91. The fourth-order valence-corrected chi connectivity index (χ4v) is 1.89. The molecule has 1 aromatic rings. The zero-order valence-corrected chi connectivity index (χ0v) is 9.57. The number of nitrogens with zero attached hydrogens (tertiary/aromatic N) is 2. The van der Waals surface area contributed by atoms with Crippen LogP contribution in [0.25, 0.3) is 0 Å². The van der Waals surface area contributed by atoms with E-state index in [4.69, 9.17) is 0 Å². The molecule has 0 aromatic carbocycles. The molecule has 1 aliphatic rings. The van der Waals surface area contributed by atoms with Gasteiger partial charge in [-0.25, -0.2) is 4.98 Å². The Labute approximate surface area is 90.5 Å². The zero-order valence-electron chi connectivity index (χ0n) is 9.57. The zero-order chi connectivity index (χ0) is 11.1. The molecule has 15 heavy (non-hydrogen) atoms. The number of allylic oxidation sites excluding steroid dienone is 1. The van der Waals surface area contributed by atoms with E-state index in [0.717, 1.165) is 18.5 Å². The predicted molar refractivity (Wildman–Crippen MR) is 59.3 cm³/mol. The highest BCUT2D eigenvalue weighted by molar-refractivity contribution is 5.22. The minimum absolute atomic E-state index is 0.195. The van der Waals surface area contributed by atoms with Crippen molar-refractivity contribution in [1.82, 2.24) is 9.55 Å². The fraction of sp³-hybridized carbons (Fsp3) is 0.583. The van der Waals surface area contributed by atoms with Crippen LogP contribution in [0.4, 0.5) is 0 Å². The van der Waals surface area contributed by atoms with Gasteiger partial charge in [-0.3, -0.25) is 0 Å². The number of imidazole rings is 1. The third-order valence-corrected chi connectivity index (χ3v) is 3.11. The van der Waals surface area contributed by atoms with Gasteiger partial charge in [0.2, 0.25) is 0 Å². The maximum atomic E-state index is 10.4. The van der Waals surface area contributed by atoms with Crippen LogP contribution in [-0.2, 0) is 12.6 Å². The van der Waals surface area contributed by atoms with E-state index in [2.05, 4.69) is 24.9 Å². The van der Waals surface area contributed by atoms with Crippen molar-refractivity contribution >= 4 is 0 Å². The summed E-state index contributed by atoms with van der Waals surface area (Å²) in [5.41, 5.74) is 0.0781. The van der Waals surface area contributed by atoms with Gasteiger partial charge in [-0.2, -0.15) is 0 Å². The summed E-state index contributed by atoms with van der Waals surface area (Å²) in [5, 5.41) is 10.4. The molecule has 0 amide bonds. The van der Waals surface area contributed by atoms with Crippen LogP contribution in [0.5, 0.6) is 0 Å². The maximum absolute atomic E-state index is 10.4. The van der Waals surface area contributed by atoms with Crippen LogP contribution in [-0.4, -0.2) is 14.7 Å². The summed E-state index contributed by atoms with van der Waals surface area (Å²) >= 11 is 0. The highest BCUT2D eigenvalue weighted by Gasteiger charge is 2.34. The SMILES string of the molecule is Cn1cnc(C2(O)C=CC(C)(C)CC2)c1. The summed E-state index contributed by atoms with van der Waals surface area (Å²) in [6.45, 7) is 4.36. The maximum Gasteiger partial charge on any atom is 0.126 e. The standard InChI is InChI=1S/C12H18N2O/c1-11(2)4-6-12(15,7-5-11)10-8-14(3)9-13-10/h4,6,8-9,15H,5,7H2,1-3H3. The number of rotatable bonds is 1. The number of aryl methyl sites for hydroxylation is 1. The van der Waals surface area contributed by atoms with E-state index >= 15 is 0 Å². The van der Waals surface area contributed by atoms with Crippen molar-refractivity contribution in [2.45, 2.75) is 32.3 Å². The second kappa shape index (κ2) is 3.20. The van der Waals surface area contributed by atoms with E-state index in [1.807, 2.05) is 23.9 Å². The fourth-order valence-electron chi connectivity index (χ4n) is 1.89. The minimum Gasteiger partial charge on any atom is -0.379 e. The Bertz CT molecular complexity index is 392. The van der Waals surface area contributed by atoms with Gasteiger partial charge in [0.1, 0.15) is 5.60 Å². The number of hydrogen-bond acceptors (Lipinski definition) is 2. The molecule has 1 unspecified atom stereocenters. The first-order valence-electron chi connectivity index (χ1n) is 5.33. The van der Waals surface area contributed by atoms with E-state index < -0.39 is 5.60 Å². The second-order valence-electron chi connectivity index (χ2n) is 5.17. The van der Waals surface area contributed by atoms with Crippen molar-refractivity contribution in [3.63, 3.8) is 0 Å². The van der Waals surface area contributed by atoms with E-state index in [1.165, 1.54) is 0 Å². The molecule has 0 spiro atoms. The van der Waals surface area contributed by atoms with Crippen molar-refractivity contribution in [3.8, 4) is 0 Å². The van der Waals surface area contributed by atoms with Crippen LogP contribution in [0.3, 0.4) is 0 Å². The minimum atomic E-state index is -0.864. The Kier molecular flexibility index (Phi) is 2.23. The monoisotopic (exact) mass is 206 g/mol. The molecule has 2 rings (SSSR count). The highest BCUT2D eigenvalue weighted by atomic mass is 16.3. The van der Waals surface area contributed by atoms with Gasteiger partial charge in [0.05, 0.1) is 12.0 Å². The molecule has 1 N–H and O–H groups in total. The first-order chi connectivity index (χ1) is 6.91. The summed E-state index contributed by atoms with van der Waals surface area (Å²) in [5.74, 6) is 0. The van der Waals surface area contributed by atoms with Crippen LogP contribution in [0.1, 0.15) is 32.4 Å². The van der Waals surface area contributed by atoms with E-state index in [-0.39, 0.29) is 5.41 Å². The van der Waals surface area contributed by atoms with Gasteiger partial charge in [0, 0.05) is 13.2 Å². The molecule has 1 atom stereocenters. The summed E-state index contributed by atoms with van der Waals surface area (Å²) < 4.78 is 1.86. The molecule has 3 heteroatoms. The number of aliphatic hydroxyl groups is 1. The molecule has 0 radical (unpaired) electrons. The largest absolute Gasteiger partial charge is 0.379 e. The lowest BCUT2D eigenvalue weighted by Crippen LogP contribution is -2.30. The molecule has 1 aliphatic carbocycles.